The number of para-hydroxylation sites is 1. The van der Waals surface area contributed by atoms with Crippen LogP contribution in [0.1, 0.15) is 30.0 Å². The average Bonchev–Trinajstić information content (AvgIpc) is 2.54. The normalized spacial score (nSPS) is 10.8. The number of hydrogen-bond acceptors (Lipinski definition) is 5. The lowest BCUT2D eigenvalue weighted by atomic mass is 10.2. The molecule has 24 heavy (non-hydrogen) atoms. The summed E-state index contributed by atoms with van der Waals surface area (Å²) in [6.45, 7) is 5.65. The van der Waals surface area contributed by atoms with E-state index in [0.717, 1.165) is 22.3 Å². The molecule has 3 aromatic rings. The molecule has 1 amide bonds. The second-order valence-electron chi connectivity index (χ2n) is 5.85. The summed E-state index contributed by atoms with van der Waals surface area (Å²) in [6.07, 6.45) is 1.74. The highest BCUT2D eigenvalue weighted by Crippen LogP contribution is 2.23. The molecule has 2 heterocycles. The lowest BCUT2D eigenvalue weighted by molar-refractivity contribution is 0.0938. The molecule has 0 saturated carbocycles. The molecule has 1 aromatic carbocycles. The van der Waals surface area contributed by atoms with Crippen LogP contribution in [0.3, 0.4) is 0 Å². The third kappa shape index (κ3) is 3.48. The molecule has 122 valence electrons. The van der Waals surface area contributed by atoms with Crippen molar-refractivity contribution < 1.29 is 4.79 Å². The van der Waals surface area contributed by atoms with Gasteiger partial charge in [0.2, 0.25) is 5.95 Å². The molecule has 0 atom stereocenters. The van der Waals surface area contributed by atoms with Gasteiger partial charge < -0.3 is 10.6 Å². The Hall–Kier alpha value is -3.02. The first-order chi connectivity index (χ1) is 11.5. The summed E-state index contributed by atoms with van der Waals surface area (Å²) >= 11 is 0. The number of carbonyl (C=O) groups excluding carboxylic acids is 1. The smallest absolute Gasteiger partial charge is 0.270 e. The summed E-state index contributed by atoms with van der Waals surface area (Å²) in [5.41, 5.74) is 2.69. The van der Waals surface area contributed by atoms with Crippen molar-refractivity contribution in [1.29, 1.82) is 0 Å². The number of aromatic nitrogens is 3. The molecule has 6 nitrogen and oxygen atoms in total. The van der Waals surface area contributed by atoms with Crippen LogP contribution in [-0.2, 0) is 0 Å². The summed E-state index contributed by atoms with van der Waals surface area (Å²) in [5.74, 6) is 0.164. The topological polar surface area (TPSA) is 79.8 Å². The van der Waals surface area contributed by atoms with E-state index >= 15 is 0 Å². The number of amides is 1. The minimum absolute atomic E-state index is 0.0476. The molecule has 0 spiro atoms. The van der Waals surface area contributed by atoms with Crippen molar-refractivity contribution in [2.24, 2.45) is 0 Å². The van der Waals surface area contributed by atoms with Crippen LogP contribution < -0.4 is 10.6 Å². The molecule has 0 aliphatic heterocycles. The molecule has 2 N–H and O–H groups in total. The van der Waals surface area contributed by atoms with Gasteiger partial charge in [0, 0.05) is 23.3 Å². The molecular weight excluding hydrogens is 302 g/mol. The number of benzene rings is 1. The lowest BCUT2D eigenvalue weighted by Crippen LogP contribution is -2.31. The zero-order valence-corrected chi connectivity index (χ0v) is 13.9. The molecule has 0 saturated heterocycles. The Kier molecular flexibility index (Phi) is 4.37. The van der Waals surface area contributed by atoms with Crippen molar-refractivity contribution in [3.05, 3.63) is 54.0 Å². The zero-order valence-electron chi connectivity index (χ0n) is 13.9. The monoisotopic (exact) mass is 321 g/mol. The molecule has 0 fully saturated rings. The van der Waals surface area contributed by atoms with Gasteiger partial charge in [-0.25, -0.2) is 9.97 Å². The Morgan fingerprint density at radius 3 is 2.71 bits per heavy atom. The predicted octanol–water partition coefficient (Wildman–Crippen LogP) is 3.22. The molecule has 0 unspecified atom stereocenters. The molecule has 3 rings (SSSR count). The van der Waals surface area contributed by atoms with Gasteiger partial charge >= 0.3 is 0 Å². The van der Waals surface area contributed by atoms with E-state index in [0.29, 0.717) is 11.6 Å². The molecule has 2 aromatic heterocycles. The molecule has 6 heteroatoms. The Bertz CT molecular complexity index is 886. The van der Waals surface area contributed by atoms with E-state index in [-0.39, 0.29) is 11.9 Å². The summed E-state index contributed by atoms with van der Waals surface area (Å²) in [5, 5.41) is 7.03. The van der Waals surface area contributed by atoms with Gasteiger partial charge in [-0.3, -0.25) is 9.78 Å². The van der Waals surface area contributed by atoms with Gasteiger partial charge in [-0.2, -0.15) is 0 Å². The molecule has 0 bridgehead atoms. The van der Waals surface area contributed by atoms with Crippen LogP contribution in [-0.4, -0.2) is 26.9 Å². The fraction of sp³-hybridized carbons (Fsp3) is 0.222. The minimum Gasteiger partial charge on any atom is -0.349 e. The van der Waals surface area contributed by atoms with E-state index in [9.17, 15) is 4.79 Å². The van der Waals surface area contributed by atoms with Crippen molar-refractivity contribution >= 4 is 28.4 Å². The number of aryl methyl sites for hydroxylation is 1. The highest BCUT2D eigenvalue weighted by molar-refractivity contribution is 5.94. The Labute approximate surface area is 140 Å². The van der Waals surface area contributed by atoms with Crippen molar-refractivity contribution in [1.82, 2.24) is 20.3 Å². The maximum absolute atomic E-state index is 12.2. The molecular formula is C18H19N5O. The van der Waals surface area contributed by atoms with Gasteiger partial charge in [0.05, 0.1) is 11.2 Å². The lowest BCUT2D eigenvalue weighted by Gasteiger charge is -2.11. The van der Waals surface area contributed by atoms with E-state index in [4.69, 9.17) is 0 Å². The maximum Gasteiger partial charge on any atom is 0.270 e. The minimum atomic E-state index is -0.213. The van der Waals surface area contributed by atoms with Gasteiger partial charge in [0.1, 0.15) is 5.69 Å². The summed E-state index contributed by atoms with van der Waals surface area (Å²) in [4.78, 5) is 25.3. The van der Waals surface area contributed by atoms with Crippen LogP contribution in [0.4, 0.5) is 11.6 Å². The van der Waals surface area contributed by atoms with E-state index in [2.05, 4.69) is 25.6 Å². The van der Waals surface area contributed by atoms with Crippen LogP contribution in [0.2, 0.25) is 0 Å². The van der Waals surface area contributed by atoms with Crippen LogP contribution in [0.15, 0.2) is 42.6 Å². The quantitative estimate of drug-likeness (QED) is 0.771. The Morgan fingerprint density at radius 1 is 1.12 bits per heavy atom. The number of fused-ring (bicyclic) bond motifs is 1. The Morgan fingerprint density at radius 2 is 1.92 bits per heavy atom. The SMILES string of the molecule is Cc1cc(C(=O)NC(C)C)nc(Nc2cccc3cccnc23)n1. The van der Waals surface area contributed by atoms with Crippen molar-refractivity contribution in [2.45, 2.75) is 26.8 Å². The van der Waals surface area contributed by atoms with Crippen molar-refractivity contribution in [3.63, 3.8) is 0 Å². The molecule has 0 aliphatic carbocycles. The van der Waals surface area contributed by atoms with Gasteiger partial charge in [-0.1, -0.05) is 18.2 Å². The second-order valence-corrected chi connectivity index (χ2v) is 5.85. The second kappa shape index (κ2) is 6.62. The number of hydrogen-bond donors (Lipinski definition) is 2. The highest BCUT2D eigenvalue weighted by Gasteiger charge is 2.12. The fourth-order valence-electron chi connectivity index (χ4n) is 2.40. The predicted molar refractivity (Wildman–Crippen MR) is 94.4 cm³/mol. The Balaban J connectivity index is 1.95. The first kappa shape index (κ1) is 15.9. The first-order valence-electron chi connectivity index (χ1n) is 7.80. The number of anilines is 2. The van der Waals surface area contributed by atoms with Crippen LogP contribution >= 0.6 is 0 Å². The number of carbonyl (C=O) groups is 1. The fourth-order valence-corrected chi connectivity index (χ4v) is 2.40. The molecule has 0 radical (unpaired) electrons. The number of nitrogens with one attached hydrogen (secondary N) is 2. The van der Waals surface area contributed by atoms with Gasteiger partial charge in [0.15, 0.2) is 0 Å². The van der Waals surface area contributed by atoms with E-state index in [1.165, 1.54) is 0 Å². The number of pyridine rings is 1. The summed E-state index contributed by atoms with van der Waals surface area (Å²) in [7, 11) is 0. The van der Waals surface area contributed by atoms with Crippen molar-refractivity contribution in [2.75, 3.05) is 5.32 Å². The van der Waals surface area contributed by atoms with E-state index in [1.54, 1.807) is 12.3 Å². The van der Waals surface area contributed by atoms with Crippen LogP contribution in [0.25, 0.3) is 10.9 Å². The average molecular weight is 321 g/mol. The maximum atomic E-state index is 12.2. The third-order valence-corrected chi connectivity index (χ3v) is 3.39. The highest BCUT2D eigenvalue weighted by atomic mass is 16.1. The zero-order chi connectivity index (χ0) is 17.1. The van der Waals surface area contributed by atoms with Gasteiger partial charge in [-0.15, -0.1) is 0 Å². The number of rotatable bonds is 4. The summed E-state index contributed by atoms with van der Waals surface area (Å²) in [6, 6.07) is 11.4. The van der Waals surface area contributed by atoms with Crippen LogP contribution in [0, 0.1) is 6.92 Å². The van der Waals surface area contributed by atoms with Crippen molar-refractivity contribution in [3.8, 4) is 0 Å². The molecule has 0 aliphatic rings. The standard InChI is InChI=1S/C18H19N5O/c1-11(2)20-17(24)15-10-12(3)21-18(23-15)22-14-8-4-6-13-7-5-9-19-16(13)14/h4-11H,1-3H3,(H,20,24)(H,21,22,23). The van der Waals surface area contributed by atoms with Gasteiger partial charge in [-0.05, 0) is 39.0 Å². The van der Waals surface area contributed by atoms with E-state index < -0.39 is 0 Å². The van der Waals surface area contributed by atoms with Gasteiger partial charge in [0.25, 0.3) is 5.91 Å². The van der Waals surface area contributed by atoms with Crippen LogP contribution in [0.5, 0.6) is 0 Å². The van der Waals surface area contributed by atoms with E-state index in [1.807, 2.05) is 51.1 Å². The third-order valence-electron chi connectivity index (χ3n) is 3.39. The first-order valence-corrected chi connectivity index (χ1v) is 7.80. The number of nitrogens with zero attached hydrogens (tertiary/aromatic N) is 3. The largest absolute Gasteiger partial charge is 0.349 e. The summed E-state index contributed by atoms with van der Waals surface area (Å²) < 4.78 is 0.